The molecule has 1 heterocycles. The van der Waals surface area contributed by atoms with Gasteiger partial charge in [0.2, 0.25) is 0 Å². The number of ether oxygens (including phenoxy) is 2. The van der Waals surface area contributed by atoms with Crippen LogP contribution in [-0.2, 0) is 17.9 Å². The molecule has 2 aromatic carbocycles. The zero-order chi connectivity index (χ0) is 16.4. The summed E-state index contributed by atoms with van der Waals surface area (Å²) in [5, 5.41) is 9.45. The first-order valence-electron chi connectivity index (χ1n) is 7.47. The Morgan fingerprint density at radius 3 is 2.61 bits per heavy atom. The second-order valence-electron chi connectivity index (χ2n) is 5.47. The molecule has 1 N–H and O–H groups in total. The molecule has 120 valence electrons. The second-order valence-corrected chi connectivity index (χ2v) is 5.47. The lowest BCUT2D eigenvalue weighted by Crippen LogP contribution is -2.44. The number of fused-ring (bicyclic) bond motifs is 1. The maximum atomic E-state index is 12.6. The van der Waals surface area contributed by atoms with Crippen LogP contribution in [-0.4, -0.2) is 24.2 Å². The minimum absolute atomic E-state index is 0.113. The molecule has 2 aromatic rings. The molecule has 1 unspecified atom stereocenters. The Labute approximate surface area is 135 Å². The highest BCUT2D eigenvalue weighted by molar-refractivity contribution is 6.00. The molecule has 1 aliphatic heterocycles. The predicted octanol–water partition coefficient (Wildman–Crippen LogP) is 2.50. The topological polar surface area (TPSA) is 59.0 Å². The van der Waals surface area contributed by atoms with Crippen molar-refractivity contribution in [2.75, 3.05) is 12.0 Å². The van der Waals surface area contributed by atoms with Crippen LogP contribution in [0.1, 0.15) is 18.1 Å². The lowest BCUT2D eigenvalue weighted by molar-refractivity contribution is -0.125. The lowest BCUT2D eigenvalue weighted by atomic mass is 10.1. The van der Waals surface area contributed by atoms with E-state index in [9.17, 15) is 9.90 Å². The van der Waals surface area contributed by atoms with E-state index in [-0.39, 0.29) is 12.5 Å². The summed E-state index contributed by atoms with van der Waals surface area (Å²) in [5.41, 5.74) is 2.32. The molecule has 0 spiro atoms. The van der Waals surface area contributed by atoms with E-state index in [0.717, 1.165) is 5.56 Å². The largest absolute Gasteiger partial charge is 0.493 e. The number of aliphatic hydroxyl groups is 1. The zero-order valence-corrected chi connectivity index (χ0v) is 13.2. The van der Waals surface area contributed by atoms with Gasteiger partial charge < -0.3 is 19.5 Å². The van der Waals surface area contributed by atoms with Gasteiger partial charge in [0, 0.05) is 0 Å². The SMILES string of the molecule is COc1cc(CO)cc2c1OC(C)C(=O)N2Cc1ccccc1. The molecule has 0 fully saturated rings. The number of aliphatic hydroxyl groups excluding tert-OH is 1. The van der Waals surface area contributed by atoms with Gasteiger partial charge in [-0.25, -0.2) is 0 Å². The summed E-state index contributed by atoms with van der Waals surface area (Å²) in [6.45, 7) is 2.04. The summed E-state index contributed by atoms with van der Waals surface area (Å²) in [6, 6.07) is 13.3. The van der Waals surface area contributed by atoms with Crippen molar-refractivity contribution in [3.05, 3.63) is 53.6 Å². The van der Waals surface area contributed by atoms with Crippen LogP contribution in [0.15, 0.2) is 42.5 Å². The molecule has 1 atom stereocenters. The Bertz CT molecular complexity index is 714. The van der Waals surface area contributed by atoms with Crippen molar-refractivity contribution in [2.24, 2.45) is 0 Å². The molecule has 23 heavy (non-hydrogen) atoms. The Hall–Kier alpha value is -2.53. The van der Waals surface area contributed by atoms with Gasteiger partial charge in [-0.2, -0.15) is 0 Å². The van der Waals surface area contributed by atoms with Crippen molar-refractivity contribution in [3.8, 4) is 11.5 Å². The Morgan fingerprint density at radius 1 is 1.22 bits per heavy atom. The van der Waals surface area contributed by atoms with Gasteiger partial charge in [-0.3, -0.25) is 4.79 Å². The third-order valence-corrected chi connectivity index (χ3v) is 3.88. The highest BCUT2D eigenvalue weighted by Gasteiger charge is 2.34. The fourth-order valence-corrected chi connectivity index (χ4v) is 2.70. The van der Waals surface area contributed by atoms with Gasteiger partial charge >= 0.3 is 0 Å². The van der Waals surface area contributed by atoms with Gasteiger partial charge in [0.1, 0.15) is 0 Å². The van der Waals surface area contributed by atoms with Crippen LogP contribution < -0.4 is 14.4 Å². The van der Waals surface area contributed by atoms with E-state index in [1.165, 1.54) is 0 Å². The molecule has 1 amide bonds. The molecule has 0 saturated carbocycles. The van der Waals surface area contributed by atoms with Crippen LogP contribution in [0.2, 0.25) is 0 Å². The molecule has 0 aliphatic carbocycles. The van der Waals surface area contributed by atoms with Gasteiger partial charge in [0.05, 0.1) is 25.9 Å². The average Bonchev–Trinajstić information content (AvgIpc) is 2.59. The van der Waals surface area contributed by atoms with Crippen molar-refractivity contribution in [2.45, 2.75) is 26.2 Å². The highest BCUT2D eigenvalue weighted by atomic mass is 16.5. The van der Waals surface area contributed by atoms with Crippen LogP contribution in [0.3, 0.4) is 0 Å². The van der Waals surface area contributed by atoms with E-state index >= 15 is 0 Å². The molecular weight excluding hydrogens is 294 g/mol. The number of carbonyl (C=O) groups excluding carboxylic acids is 1. The van der Waals surface area contributed by atoms with E-state index in [1.807, 2.05) is 30.3 Å². The number of nitrogens with zero attached hydrogens (tertiary/aromatic N) is 1. The molecule has 5 nitrogen and oxygen atoms in total. The van der Waals surface area contributed by atoms with Crippen molar-refractivity contribution in [1.29, 1.82) is 0 Å². The van der Waals surface area contributed by atoms with E-state index in [1.54, 1.807) is 31.1 Å². The normalized spacial score (nSPS) is 16.7. The summed E-state index contributed by atoms with van der Waals surface area (Å²) in [6.07, 6.45) is -0.583. The molecule has 5 heteroatoms. The minimum atomic E-state index is -0.583. The molecule has 0 aromatic heterocycles. The Balaban J connectivity index is 2.08. The number of hydrogen-bond acceptors (Lipinski definition) is 4. The van der Waals surface area contributed by atoms with E-state index in [4.69, 9.17) is 9.47 Å². The molecule has 0 saturated heterocycles. The minimum Gasteiger partial charge on any atom is -0.493 e. The molecular formula is C18H19NO4. The summed E-state index contributed by atoms with van der Waals surface area (Å²) in [5.74, 6) is 0.940. The monoisotopic (exact) mass is 313 g/mol. The van der Waals surface area contributed by atoms with Gasteiger partial charge in [-0.05, 0) is 30.2 Å². The Morgan fingerprint density at radius 2 is 1.96 bits per heavy atom. The van der Waals surface area contributed by atoms with Crippen molar-refractivity contribution >= 4 is 11.6 Å². The maximum Gasteiger partial charge on any atom is 0.268 e. The number of methoxy groups -OCH3 is 1. The zero-order valence-electron chi connectivity index (χ0n) is 13.2. The standard InChI is InChI=1S/C18H19NO4/c1-12-18(21)19(10-13-6-4-3-5-7-13)15-8-14(11-20)9-16(22-2)17(15)23-12/h3-9,12,20H,10-11H2,1-2H3. The molecule has 3 rings (SSSR count). The molecule has 0 bridgehead atoms. The average molecular weight is 313 g/mol. The first-order valence-corrected chi connectivity index (χ1v) is 7.47. The van der Waals surface area contributed by atoms with Crippen LogP contribution in [0.5, 0.6) is 11.5 Å². The molecule has 0 radical (unpaired) electrons. The lowest BCUT2D eigenvalue weighted by Gasteiger charge is -2.34. The second kappa shape index (κ2) is 6.30. The predicted molar refractivity (Wildman–Crippen MR) is 86.6 cm³/mol. The van der Waals surface area contributed by atoms with E-state index in [2.05, 4.69) is 0 Å². The number of amides is 1. The van der Waals surface area contributed by atoms with Crippen LogP contribution in [0, 0.1) is 0 Å². The first-order chi connectivity index (χ1) is 11.1. The maximum absolute atomic E-state index is 12.6. The van der Waals surface area contributed by atoms with Crippen molar-refractivity contribution in [3.63, 3.8) is 0 Å². The van der Waals surface area contributed by atoms with Gasteiger partial charge in [0.15, 0.2) is 17.6 Å². The highest BCUT2D eigenvalue weighted by Crippen LogP contribution is 2.43. The first kappa shape index (κ1) is 15.4. The van der Waals surface area contributed by atoms with Gasteiger partial charge in [0.25, 0.3) is 5.91 Å². The van der Waals surface area contributed by atoms with E-state index in [0.29, 0.717) is 29.3 Å². The summed E-state index contributed by atoms with van der Waals surface area (Å²) < 4.78 is 11.1. The molecule has 1 aliphatic rings. The number of carbonyl (C=O) groups is 1. The van der Waals surface area contributed by atoms with Gasteiger partial charge in [-0.15, -0.1) is 0 Å². The van der Waals surface area contributed by atoms with Crippen molar-refractivity contribution in [1.82, 2.24) is 0 Å². The quantitative estimate of drug-likeness (QED) is 0.942. The number of hydrogen-bond donors (Lipinski definition) is 1. The number of anilines is 1. The smallest absolute Gasteiger partial charge is 0.268 e. The summed E-state index contributed by atoms with van der Waals surface area (Å²) in [7, 11) is 1.54. The number of rotatable bonds is 4. The van der Waals surface area contributed by atoms with Crippen LogP contribution in [0.25, 0.3) is 0 Å². The third kappa shape index (κ3) is 2.87. The Kier molecular flexibility index (Phi) is 4.21. The van der Waals surface area contributed by atoms with Gasteiger partial charge in [-0.1, -0.05) is 30.3 Å². The summed E-state index contributed by atoms with van der Waals surface area (Å²) >= 11 is 0. The third-order valence-electron chi connectivity index (χ3n) is 3.88. The fraction of sp³-hybridized carbons (Fsp3) is 0.278. The van der Waals surface area contributed by atoms with Crippen LogP contribution >= 0.6 is 0 Å². The van der Waals surface area contributed by atoms with Crippen molar-refractivity contribution < 1.29 is 19.4 Å². The number of benzene rings is 2. The summed E-state index contributed by atoms with van der Waals surface area (Å²) in [4.78, 5) is 14.3. The van der Waals surface area contributed by atoms with Crippen LogP contribution in [0.4, 0.5) is 5.69 Å². The van der Waals surface area contributed by atoms with E-state index < -0.39 is 6.10 Å². The fourth-order valence-electron chi connectivity index (χ4n) is 2.70.